The van der Waals surface area contributed by atoms with Crippen LogP contribution in [0.5, 0.6) is 0 Å². The third-order valence-electron chi connectivity index (χ3n) is 3.62. The fourth-order valence-electron chi connectivity index (χ4n) is 2.70. The van der Waals surface area contributed by atoms with Crippen LogP contribution in [0.4, 0.5) is 0 Å². The summed E-state index contributed by atoms with van der Waals surface area (Å²) in [6, 6.07) is 0.186. The van der Waals surface area contributed by atoms with E-state index in [1.807, 2.05) is 0 Å². The van der Waals surface area contributed by atoms with Crippen molar-refractivity contribution in [3.63, 3.8) is 0 Å². The molecular formula is C13H21NO2. The number of amides is 1. The highest BCUT2D eigenvalue weighted by molar-refractivity contribution is 5.77. The van der Waals surface area contributed by atoms with Gasteiger partial charge >= 0.3 is 0 Å². The highest BCUT2D eigenvalue weighted by Gasteiger charge is 2.33. The molecule has 0 aliphatic heterocycles. The van der Waals surface area contributed by atoms with Crippen molar-refractivity contribution in [2.24, 2.45) is 0 Å². The quantitative estimate of drug-likeness (QED) is 0.718. The zero-order chi connectivity index (χ0) is 11.4. The molecule has 90 valence electrons. The lowest BCUT2D eigenvalue weighted by molar-refractivity contribution is -0.126. The van der Waals surface area contributed by atoms with Gasteiger partial charge < -0.3 is 10.4 Å². The molecule has 0 heterocycles. The lowest BCUT2D eigenvalue weighted by Crippen LogP contribution is -2.39. The van der Waals surface area contributed by atoms with E-state index in [1.165, 1.54) is 0 Å². The van der Waals surface area contributed by atoms with Crippen LogP contribution >= 0.6 is 0 Å². The van der Waals surface area contributed by atoms with Crippen molar-refractivity contribution < 1.29 is 9.90 Å². The zero-order valence-corrected chi connectivity index (χ0v) is 9.74. The van der Waals surface area contributed by atoms with Crippen LogP contribution in [-0.4, -0.2) is 22.7 Å². The first-order chi connectivity index (χ1) is 7.68. The van der Waals surface area contributed by atoms with Crippen LogP contribution < -0.4 is 5.32 Å². The molecule has 1 atom stereocenters. The molecule has 0 saturated heterocycles. The minimum Gasteiger partial charge on any atom is -0.389 e. The van der Waals surface area contributed by atoms with Crippen LogP contribution in [0.25, 0.3) is 0 Å². The number of hydrogen-bond acceptors (Lipinski definition) is 2. The standard InChI is InChI=1S/C13H21NO2/c15-12(10-13(16)8-4-5-9-13)14-11-6-2-1-3-7-11/h2,6,11,16H,1,3-5,7-10H2,(H,14,15). The number of allylic oxidation sites excluding steroid dienone is 1. The number of carbonyl (C=O) groups excluding carboxylic acids is 1. The van der Waals surface area contributed by atoms with Gasteiger partial charge in [-0.25, -0.2) is 0 Å². The summed E-state index contributed by atoms with van der Waals surface area (Å²) in [7, 11) is 0. The van der Waals surface area contributed by atoms with Gasteiger partial charge in [0.25, 0.3) is 0 Å². The Morgan fingerprint density at radius 3 is 2.75 bits per heavy atom. The molecule has 1 fully saturated rings. The summed E-state index contributed by atoms with van der Waals surface area (Å²) in [6.07, 6.45) is 11.4. The molecule has 0 radical (unpaired) electrons. The van der Waals surface area contributed by atoms with Crippen molar-refractivity contribution in [3.05, 3.63) is 12.2 Å². The summed E-state index contributed by atoms with van der Waals surface area (Å²) >= 11 is 0. The molecule has 2 aliphatic carbocycles. The van der Waals surface area contributed by atoms with Gasteiger partial charge in [0.15, 0.2) is 0 Å². The molecule has 0 aromatic carbocycles. The lowest BCUT2D eigenvalue weighted by atomic mass is 9.96. The molecule has 3 nitrogen and oxygen atoms in total. The van der Waals surface area contributed by atoms with Crippen LogP contribution in [0.3, 0.4) is 0 Å². The summed E-state index contributed by atoms with van der Waals surface area (Å²) in [4.78, 5) is 11.8. The molecule has 1 amide bonds. The Kier molecular flexibility index (Phi) is 3.64. The smallest absolute Gasteiger partial charge is 0.223 e. The van der Waals surface area contributed by atoms with E-state index >= 15 is 0 Å². The molecule has 2 rings (SSSR count). The van der Waals surface area contributed by atoms with Gasteiger partial charge in [0, 0.05) is 6.04 Å². The first kappa shape index (κ1) is 11.6. The SMILES string of the molecule is O=C(CC1(O)CCCC1)NC1C=CCCC1. The van der Waals surface area contributed by atoms with Gasteiger partial charge in [-0.15, -0.1) is 0 Å². The lowest BCUT2D eigenvalue weighted by Gasteiger charge is -2.24. The van der Waals surface area contributed by atoms with E-state index < -0.39 is 5.60 Å². The summed E-state index contributed by atoms with van der Waals surface area (Å²) in [5, 5.41) is 13.1. The Hall–Kier alpha value is -0.830. The molecule has 0 aromatic rings. The number of aliphatic hydroxyl groups is 1. The van der Waals surface area contributed by atoms with E-state index in [4.69, 9.17) is 0 Å². The summed E-state index contributed by atoms with van der Waals surface area (Å²) in [5.74, 6) is 0.000880. The Morgan fingerprint density at radius 2 is 2.12 bits per heavy atom. The van der Waals surface area contributed by atoms with E-state index in [9.17, 15) is 9.90 Å². The van der Waals surface area contributed by atoms with Gasteiger partial charge in [-0.2, -0.15) is 0 Å². The molecule has 1 saturated carbocycles. The molecule has 0 bridgehead atoms. The largest absolute Gasteiger partial charge is 0.389 e. The highest BCUT2D eigenvalue weighted by Crippen LogP contribution is 2.32. The van der Waals surface area contributed by atoms with Crippen LogP contribution in [0.2, 0.25) is 0 Å². The van der Waals surface area contributed by atoms with Gasteiger partial charge in [-0.3, -0.25) is 4.79 Å². The molecule has 0 aromatic heterocycles. The minimum absolute atomic E-state index is 0.000880. The number of carbonyl (C=O) groups is 1. The second-order valence-electron chi connectivity index (χ2n) is 5.14. The summed E-state index contributed by atoms with van der Waals surface area (Å²) in [5.41, 5.74) is -0.720. The van der Waals surface area contributed by atoms with E-state index in [-0.39, 0.29) is 18.4 Å². The van der Waals surface area contributed by atoms with Crippen molar-refractivity contribution >= 4 is 5.91 Å². The fourth-order valence-corrected chi connectivity index (χ4v) is 2.70. The van der Waals surface area contributed by atoms with Gasteiger partial charge in [-0.05, 0) is 32.1 Å². The molecule has 3 heteroatoms. The predicted octanol–water partition coefficient (Wildman–Crippen LogP) is 1.91. The Morgan fingerprint density at radius 1 is 1.38 bits per heavy atom. The normalized spacial score (nSPS) is 27.9. The molecule has 0 spiro atoms. The van der Waals surface area contributed by atoms with Gasteiger partial charge in [0.05, 0.1) is 12.0 Å². The molecule has 16 heavy (non-hydrogen) atoms. The highest BCUT2D eigenvalue weighted by atomic mass is 16.3. The number of rotatable bonds is 3. The maximum atomic E-state index is 11.8. The van der Waals surface area contributed by atoms with Crippen molar-refractivity contribution in [2.45, 2.75) is 63.0 Å². The predicted molar refractivity (Wildman–Crippen MR) is 63.0 cm³/mol. The second kappa shape index (κ2) is 5.00. The third kappa shape index (κ3) is 3.08. The van der Waals surface area contributed by atoms with Crippen LogP contribution in [0.15, 0.2) is 12.2 Å². The van der Waals surface area contributed by atoms with Crippen LogP contribution in [-0.2, 0) is 4.79 Å². The van der Waals surface area contributed by atoms with Crippen molar-refractivity contribution in [2.75, 3.05) is 0 Å². The summed E-state index contributed by atoms with van der Waals surface area (Å²) < 4.78 is 0. The van der Waals surface area contributed by atoms with E-state index in [1.54, 1.807) is 0 Å². The van der Waals surface area contributed by atoms with Crippen LogP contribution in [0.1, 0.15) is 51.4 Å². The number of nitrogens with one attached hydrogen (secondary N) is 1. The zero-order valence-electron chi connectivity index (χ0n) is 9.74. The van der Waals surface area contributed by atoms with Gasteiger partial charge in [-0.1, -0.05) is 25.0 Å². The van der Waals surface area contributed by atoms with Crippen molar-refractivity contribution in [1.29, 1.82) is 0 Å². The Bertz CT molecular complexity index is 280. The van der Waals surface area contributed by atoms with Gasteiger partial charge in [0.2, 0.25) is 5.91 Å². The number of hydrogen-bond donors (Lipinski definition) is 2. The van der Waals surface area contributed by atoms with Gasteiger partial charge in [0.1, 0.15) is 0 Å². The molecule has 2 N–H and O–H groups in total. The first-order valence-electron chi connectivity index (χ1n) is 6.36. The summed E-state index contributed by atoms with van der Waals surface area (Å²) in [6.45, 7) is 0. The fraction of sp³-hybridized carbons (Fsp3) is 0.769. The molecule has 1 unspecified atom stereocenters. The van der Waals surface area contributed by atoms with Crippen molar-refractivity contribution in [1.82, 2.24) is 5.32 Å². The van der Waals surface area contributed by atoms with E-state index in [0.717, 1.165) is 44.9 Å². The van der Waals surface area contributed by atoms with E-state index in [0.29, 0.717) is 0 Å². The van der Waals surface area contributed by atoms with E-state index in [2.05, 4.69) is 17.5 Å². The first-order valence-corrected chi connectivity index (χ1v) is 6.36. The molecular weight excluding hydrogens is 202 g/mol. The maximum absolute atomic E-state index is 11.8. The third-order valence-corrected chi connectivity index (χ3v) is 3.62. The monoisotopic (exact) mass is 223 g/mol. The average molecular weight is 223 g/mol. The molecule has 2 aliphatic rings. The second-order valence-corrected chi connectivity index (χ2v) is 5.14. The van der Waals surface area contributed by atoms with Crippen molar-refractivity contribution in [3.8, 4) is 0 Å². The Balaban J connectivity index is 1.79. The minimum atomic E-state index is -0.720. The van der Waals surface area contributed by atoms with Crippen LogP contribution in [0, 0.1) is 0 Å². The average Bonchev–Trinajstić information content (AvgIpc) is 2.66. The Labute approximate surface area is 96.9 Å². The maximum Gasteiger partial charge on any atom is 0.223 e. The topological polar surface area (TPSA) is 49.3 Å².